The monoisotopic (exact) mass is 343 g/mol. The van der Waals surface area contributed by atoms with Crippen LogP contribution in [-0.4, -0.2) is 47.1 Å². The topological polar surface area (TPSA) is 54.5 Å². The molecule has 0 aromatic carbocycles. The van der Waals surface area contributed by atoms with Gasteiger partial charge in [0.15, 0.2) is 0 Å². The van der Waals surface area contributed by atoms with Crippen molar-refractivity contribution in [2.24, 2.45) is 0 Å². The molecule has 2 aromatic heterocycles. The number of hydrogen-bond acceptors (Lipinski definition) is 5. The first-order chi connectivity index (χ1) is 11.7. The van der Waals surface area contributed by atoms with E-state index in [0.717, 1.165) is 37.1 Å². The molecule has 2 aliphatic heterocycles. The number of thiophene rings is 1. The third-order valence-corrected chi connectivity index (χ3v) is 5.52. The average Bonchev–Trinajstić information content (AvgIpc) is 3.26. The second kappa shape index (κ2) is 6.53. The highest BCUT2D eigenvalue weighted by atomic mass is 32.1. The summed E-state index contributed by atoms with van der Waals surface area (Å²) in [7, 11) is 0. The number of aromatic nitrogens is 1. The molecule has 0 radical (unpaired) electrons. The van der Waals surface area contributed by atoms with Crippen LogP contribution in [0, 0.1) is 0 Å². The van der Waals surface area contributed by atoms with Crippen LogP contribution in [0.3, 0.4) is 0 Å². The zero-order chi connectivity index (χ0) is 16.4. The van der Waals surface area contributed by atoms with Gasteiger partial charge in [-0.2, -0.15) is 11.3 Å². The number of nitrogens with zero attached hydrogens (tertiary/aromatic N) is 2. The molecule has 2 fully saturated rings. The Morgan fingerprint density at radius 3 is 3.21 bits per heavy atom. The van der Waals surface area contributed by atoms with Crippen LogP contribution < -0.4 is 5.32 Å². The largest absolute Gasteiger partial charge is 0.379 e. The molecule has 1 N–H and O–H groups in total. The molecule has 24 heavy (non-hydrogen) atoms. The number of carbonyl (C=O) groups excluding carboxylic acids is 1. The Balaban J connectivity index is 1.41. The van der Waals surface area contributed by atoms with E-state index in [4.69, 9.17) is 4.74 Å². The minimum Gasteiger partial charge on any atom is -0.379 e. The number of carbonyl (C=O) groups is 1. The Bertz CT molecular complexity index is 692. The van der Waals surface area contributed by atoms with Crippen molar-refractivity contribution in [3.63, 3.8) is 0 Å². The van der Waals surface area contributed by atoms with Crippen LogP contribution in [0.2, 0.25) is 0 Å². The summed E-state index contributed by atoms with van der Waals surface area (Å²) in [6.07, 6.45) is 6.54. The highest BCUT2D eigenvalue weighted by Gasteiger charge is 2.44. The molecule has 0 aliphatic carbocycles. The Morgan fingerprint density at radius 1 is 1.46 bits per heavy atom. The molecule has 2 atom stereocenters. The van der Waals surface area contributed by atoms with Crippen molar-refractivity contribution in [3.8, 4) is 0 Å². The van der Waals surface area contributed by atoms with E-state index in [1.54, 1.807) is 17.5 Å². The summed E-state index contributed by atoms with van der Waals surface area (Å²) in [5.41, 5.74) is 1.61. The van der Waals surface area contributed by atoms with Crippen LogP contribution in [0.5, 0.6) is 0 Å². The van der Waals surface area contributed by atoms with E-state index in [9.17, 15) is 4.79 Å². The maximum Gasteiger partial charge on any atom is 0.254 e. The van der Waals surface area contributed by atoms with Crippen molar-refractivity contribution in [3.05, 3.63) is 46.9 Å². The number of hydrogen-bond donors (Lipinski definition) is 1. The number of nitrogens with one attached hydrogen (secondary N) is 1. The summed E-state index contributed by atoms with van der Waals surface area (Å²) in [5.74, 6) is 0.127. The van der Waals surface area contributed by atoms with Gasteiger partial charge in [-0.05, 0) is 36.4 Å². The van der Waals surface area contributed by atoms with Crippen molar-refractivity contribution in [2.45, 2.75) is 30.9 Å². The molecule has 2 aliphatic rings. The predicted molar refractivity (Wildman–Crippen MR) is 94.4 cm³/mol. The molecule has 6 heteroatoms. The summed E-state index contributed by atoms with van der Waals surface area (Å²) in [6.45, 7) is 2.18. The molecule has 4 rings (SSSR count). The van der Waals surface area contributed by atoms with Gasteiger partial charge in [-0.3, -0.25) is 9.78 Å². The smallest absolute Gasteiger partial charge is 0.254 e. The first kappa shape index (κ1) is 15.6. The summed E-state index contributed by atoms with van der Waals surface area (Å²) in [5, 5.41) is 7.37. The summed E-state index contributed by atoms with van der Waals surface area (Å²) in [4.78, 5) is 18.7. The quantitative estimate of drug-likeness (QED) is 0.931. The van der Waals surface area contributed by atoms with E-state index in [1.165, 1.54) is 0 Å². The number of amides is 1. The van der Waals surface area contributed by atoms with Crippen LogP contribution in [0.1, 0.15) is 29.6 Å². The second-order valence-electron chi connectivity index (χ2n) is 6.62. The molecule has 4 heterocycles. The first-order valence-electron chi connectivity index (χ1n) is 8.36. The Labute approximate surface area is 145 Å². The SMILES string of the molecule is O=C(c1ccsc1)N1CCC[C@@]2(C[C@@H](Nc3cccnc3)CO2)C1. The molecule has 0 saturated carbocycles. The highest BCUT2D eigenvalue weighted by Crippen LogP contribution is 2.36. The second-order valence-corrected chi connectivity index (χ2v) is 7.40. The molecule has 0 unspecified atom stereocenters. The Hall–Kier alpha value is -1.92. The van der Waals surface area contributed by atoms with Gasteiger partial charge in [-0.25, -0.2) is 0 Å². The van der Waals surface area contributed by atoms with Crippen LogP contribution in [0.25, 0.3) is 0 Å². The van der Waals surface area contributed by atoms with Gasteiger partial charge < -0.3 is 15.0 Å². The summed E-state index contributed by atoms with van der Waals surface area (Å²) < 4.78 is 6.19. The average molecular weight is 343 g/mol. The van der Waals surface area contributed by atoms with Gasteiger partial charge in [0.1, 0.15) is 0 Å². The molecule has 5 nitrogen and oxygen atoms in total. The van der Waals surface area contributed by atoms with Gasteiger partial charge in [0, 0.05) is 30.7 Å². The number of likely N-dealkylation sites (tertiary alicyclic amines) is 1. The fourth-order valence-corrected chi connectivity index (χ4v) is 4.38. The van der Waals surface area contributed by atoms with Gasteiger partial charge in [0.05, 0.1) is 36.0 Å². The lowest BCUT2D eigenvalue weighted by molar-refractivity contribution is -0.0447. The van der Waals surface area contributed by atoms with Gasteiger partial charge in [0.25, 0.3) is 5.91 Å². The zero-order valence-corrected chi connectivity index (χ0v) is 14.3. The fraction of sp³-hybridized carbons (Fsp3) is 0.444. The van der Waals surface area contributed by atoms with Gasteiger partial charge >= 0.3 is 0 Å². The van der Waals surface area contributed by atoms with Gasteiger partial charge in [-0.1, -0.05) is 0 Å². The first-order valence-corrected chi connectivity index (χ1v) is 9.30. The Morgan fingerprint density at radius 2 is 2.42 bits per heavy atom. The molecule has 126 valence electrons. The van der Waals surface area contributed by atoms with Crippen LogP contribution in [0.4, 0.5) is 5.69 Å². The fourth-order valence-electron chi connectivity index (χ4n) is 3.75. The van der Waals surface area contributed by atoms with E-state index in [2.05, 4.69) is 10.3 Å². The molecular formula is C18H21N3O2S. The lowest BCUT2D eigenvalue weighted by Crippen LogP contribution is -2.50. The molecule has 2 saturated heterocycles. The maximum atomic E-state index is 12.6. The normalized spacial score (nSPS) is 26.7. The molecule has 1 spiro atoms. The molecule has 0 bridgehead atoms. The van der Waals surface area contributed by atoms with Crippen molar-refractivity contribution in [2.75, 3.05) is 25.0 Å². The molecule has 2 aromatic rings. The summed E-state index contributed by atoms with van der Waals surface area (Å²) >= 11 is 1.56. The van der Waals surface area contributed by atoms with Crippen molar-refractivity contribution in [1.29, 1.82) is 0 Å². The maximum absolute atomic E-state index is 12.6. The van der Waals surface area contributed by atoms with Gasteiger partial charge in [-0.15, -0.1) is 0 Å². The zero-order valence-electron chi connectivity index (χ0n) is 13.5. The van der Waals surface area contributed by atoms with E-state index in [0.29, 0.717) is 13.2 Å². The third kappa shape index (κ3) is 3.16. The van der Waals surface area contributed by atoms with Crippen molar-refractivity contribution in [1.82, 2.24) is 9.88 Å². The standard InChI is InChI=1S/C18H21N3O2S/c22-17(14-4-8-24-12-14)21-7-2-5-18(13-21)9-16(11-23-18)20-15-3-1-6-19-10-15/h1,3-4,6,8,10,12,16,20H,2,5,7,9,11,13H2/t16-,18-/m1/s1. The molecule has 1 amide bonds. The number of rotatable bonds is 3. The van der Waals surface area contributed by atoms with E-state index >= 15 is 0 Å². The number of piperidine rings is 1. The number of ether oxygens (including phenoxy) is 1. The van der Waals surface area contributed by atoms with Crippen LogP contribution in [0.15, 0.2) is 41.4 Å². The summed E-state index contributed by atoms with van der Waals surface area (Å²) in [6, 6.07) is 6.11. The van der Waals surface area contributed by atoms with E-state index < -0.39 is 0 Å². The predicted octanol–water partition coefficient (Wildman–Crippen LogP) is 3.02. The lowest BCUT2D eigenvalue weighted by atomic mass is 9.88. The van der Waals surface area contributed by atoms with E-state index in [-0.39, 0.29) is 17.6 Å². The Kier molecular flexibility index (Phi) is 4.24. The third-order valence-electron chi connectivity index (χ3n) is 4.84. The van der Waals surface area contributed by atoms with Crippen LogP contribution in [-0.2, 0) is 4.74 Å². The number of anilines is 1. The molecular weight excluding hydrogens is 322 g/mol. The van der Waals surface area contributed by atoms with Crippen LogP contribution >= 0.6 is 11.3 Å². The van der Waals surface area contributed by atoms with Crippen molar-refractivity contribution < 1.29 is 9.53 Å². The minimum absolute atomic E-state index is 0.127. The highest BCUT2D eigenvalue weighted by molar-refractivity contribution is 7.08. The minimum atomic E-state index is -0.205. The van der Waals surface area contributed by atoms with Gasteiger partial charge in [0.2, 0.25) is 0 Å². The number of pyridine rings is 1. The van der Waals surface area contributed by atoms with E-state index in [1.807, 2.05) is 40.1 Å². The van der Waals surface area contributed by atoms with Crippen molar-refractivity contribution >= 4 is 22.9 Å². The lowest BCUT2D eigenvalue weighted by Gasteiger charge is -2.39.